The van der Waals surface area contributed by atoms with Crippen LogP contribution in [-0.4, -0.2) is 23.8 Å². The van der Waals surface area contributed by atoms with Gasteiger partial charge >= 0.3 is 0 Å². The maximum atomic E-state index is 12.4. The highest BCUT2D eigenvalue weighted by atomic mass is 32.2. The van der Waals surface area contributed by atoms with Crippen LogP contribution in [0.5, 0.6) is 0 Å². The first kappa shape index (κ1) is 20.0. The molecule has 0 saturated carbocycles. The van der Waals surface area contributed by atoms with Crippen LogP contribution < -0.4 is 5.32 Å². The van der Waals surface area contributed by atoms with Crippen LogP contribution in [0.2, 0.25) is 0 Å². The zero-order chi connectivity index (χ0) is 19.1. The fourth-order valence-electron chi connectivity index (χ4n) is 2.64. The summed E-state index contributed by atoms with van der Waals surface area (Å²) in [5.41, 5.74) is 3.98. The van der Waals surface area contributed by atoms with E-state index in [1.807, 2.05) is 37.3 Å². The smallest absolute Gasteiger partial charge is 0.234 e. The van der Waals surface area contributed by atoms with E-state index in [1.165, 1.54) is 11.8 Å². The topological polar surface area (TPSA) is 75.0 Å². The summed E-state index contributed by atoms with van der Waals surface area (Å²) in [5.74, 6) is 0.382. The average Bonchev–Trinajstić information content (AvgIpc) is 2.60. The Bertz CT molecular complexity index is 828. The summed E-state index contributed by atoms with van der Waals surface area (Å²) >= 11 is 1.27. The number of ether oxygens (including phenoxy) is 1. The number of hydrogen-bond acceptors (Lipinski definition) is 5. The maximum absolute atomic E-state index is 12.4. The molecule has 136 valence electrons. The van der Waals surface area contributed by atoms with E-state index < -0.39 is 0 Å². The number of nitrogens with zero attached hydrogens (tertiary/aromatic N) is 2. The van der Waals surface area contributed by atoms with Gasteiger partial charge < -0.3 is 10.1 Å². The number of nitrogens with one attached hydrogen (secondary N) is 1. The molecule has 0 saturated heterocycles. The Morgan fingerprint density at radius 1 is 1.38 bits per heavy atom. The van der Waals surface area contributed by atoms with Crippen molar-refractivity contribution in [2.75, 3.05) is 18.2 Å². The molecule has 6 heteroatoms. The summed E-state index contributed by atoms with van der Waals surface area (Å²) in [5, 5.41) is 13.0. The lowest BCUT2D eigenvalue weighted by atomic mass is 10.0. The Labute approximate surface area is 158 Å². The summed E-state index contributed by atoms with van der Waals surface area (Å²) in [6.07, 6.45) is 0. The number of nitriles is 1. The Morgan fingerprint density at radius 2 is 2.12 bits per heavy atom. The number of benzene rings is 1. The first-order valence-electron chi connectivity index (χ1n) is 8.37. The number of aryl methyl sites for hydroxylation is 1. The van der Waals surface area contributed by atoms with Crippen molar-refractivity contribution in [2.24, 2.45) is 0 Å². The molecule has 0 aliphatic carbocycles. The second-order valence-electron chi connectivity index (χ2n) is 6.23. The monoisotopic (exact) mass is 369 g/mol. The van der Waals surface area contributed by atoms with Gasteiger partial charge in [0.05, 0.1) is 17.9 Å². The molecule has 2 rings (SSSR count). The highest BCUT2D eigenvalue weighted by Gasteiger charge is 2.15. The molecule has 1 amide bonds. The third-order valence-electron chi connectivity index (χ3n) is 3.80. The van der Waals surface area contributed by atoms with Gasteiger partial charge in [-0.05, 0) is 36.1 Å². The van der Waals surface area contributed by atoms with Gasteiger partial charge in [-0.2, -0.15) is 5.26 Å². The van der Waals surface area contributed by atoms with E-state index in [1.54, 1.807) is 7.11 Å². The third kappa shape index (κ3) is 5.07. The predicted octanol–water partition coefficient (Wildman–Crippen LogP) is 4.26. The number of thioether (sulfide) groups is 1. The van der Waals surface area contributed by atoms with E-state index in [9.17, 15) is 10.1 Å². The highest BCUT2D eigenvalue weighted by Crippen LogP contribution is 2.26. The summed E-state index contributed by atoms with van der Waals surface area (Å²) in [7, 11) is 1.59. The Kier molecular flexibility index (Phi) is 7.19. The zero-order valence-corrected chi connectivity index (χ0v) is 16.3. The third-order valence-corrected chi connectivity index (χ3v) is 4.78. The van der Waals surface area contributed by atoms with Crippen molar-refractivity contribution in [1.29, 1.82) is 5.26 Å². The zero-order valence-electron chi connectivity index (χ0n) is 15.5. The average molecular weight is 369 g/mol. The minimum atomic E-state index is -0.122. The van der Waals surface area contributed by atoms with Gasteiger partial charge in [0.2, 0.25) is 5.91 Å². The number of anilines is 1. The van der Waals surface area contributed by atoms with Gasteiger partial charge in [-0.15, -0.1) is 0 Å². The van der Waals surface area contributed by atoms with Crippen molar-refractivity contribution in [2.45, 2.75) is 38.3 Å². The fourth-order valence-corrected chi connectivity index (χ4v) is 3.51. The van der Waals surface area contributed by atoms with Crippen LogP contribution in [0.4, 0.5) is 5.69 Å². The van der Waals surface area contributed by atoms with Crippen LogP contribution in [0.1, 0.15) is 42.1 Å². The van der Waals surface area contributed by atoms with Gasteiger partial charge in [0.25, 0.3) is 0 Å². The molecule has 0 bridgehead atoms. The molecule has 0 atom stereocenters. The molecule has 0 unspecified atom stereocenters. The standard InChI is InChI=1S/C20H23N3O2S/c1-13(2)16-7-5-6-8-18(16)23-19(24)12-26-20-17(10-21)15(11-25-4)9-14(3)22-20/h5-9,13H,11-12H2,1-4H3,(H,23,24). The second-order valence-corrected chi connectivity index (χ2v) is 7.19. The quantitative estimate of drug-likeness (QED) is 0.738. The van der Waals surface area contributed by atoms with Gasteiger partial charge in [0.15, 0.2) is 0 Å². The van der Waals surface area contributed by atoms with Crippen LogP contribution in [0.25, 0.3) is 0 Å². The molecular weight excluding hydrogens is 346 g/mol. The van der Waals surface area contributed by atoms with Gasteiger partial charge in [-0.1, -0.05) is 43.8 Å². The molecular formula is C20H23N3O2S. The first-order valence-corrected chi connectivity index (χ1v) is 9.36. The molecule has 0 aliphatic rings. The molecule has 2 aromatic rings. The van der Waals surface area contributed by atoms with Crippen LogP contribution in [-0.2, 0) is 16.1 Å². The Balaban J connectivity index is 2.12. The van der Waals surface area contributed by atoms with E-state index in [0.717, 1.165) is 22.5 Å². The largest absolute Gasteiger partial charge is 0.380 e. The van der Waals surface area contributed by atoms with Crippen LogP contribution >= 0.6 is 11.8 Å². The summed E-state index contributed by atoms with van der Waals surface area (Å²) in [6.45, 7) is 6.39. The molecule has 26 heavy (non-hydrogen) atoms. The normalized spacial score (nSPS) is 10.6. The number of amides is 1. The lowest BCUT2D eigenvalue weighted by molar-refractivity contribution is -0.113. The second kappa shape index (κ2) is 9.37. The Morgan fingerprint density at radius 3 is 2.77 bits per heavy atom. The number of hydrogen-bond donors (Lipinski definition) is 1. The molecule has 1 heterocycles. The van der Waals surface area contributed by atoms with E-state index in [0.29, 0.717) is 23.1 Å². The number of rotatable bonds is 7. The molecule has 5 nitrogen and oxygen atoms in total. The molecule has 0 fully saturated rings. The van der Waals surface area contributed by atoms with E-state index >= 15 is 0 Å². The van der Waals surface area contributed by atoms with E-state index in [-0.39, 0.29) is 11.7 Å². The lowest BCUT2D eigenvalue weighted by Crippen LogP contribution is -2.16. The fraction of sp³-hybridized carbons (Fsp3) is 0.350. The van der Waals surface area contributed by atoms with Crippen molar-refractivity contribution in [3.05, 3.63) is 52.7 Å². The molecule has 0 radical (unpaired) electrons. The summed E-state index contributed by atoms with van der Waals surface area (Å²) in [4.78, 5) is 16.8. The van der Waals surface area contributed by atoms with Crippen molar-refractivity contribution in [3.63, 3.8) is 0 Å². The van der Waals surface area contributed by atoms with Crippen LogP contribution in [0.3, 0.4) is 0 Å². The van der Waals surface area contributed by atoms with Crippen molar-refractivity contribution in [1.82, 2.24) is 4.98 Å². The number of para-hydroxylation sites is 1. The Hall–Kier alpha value is -2.36. The van der Waals surface area contributed by atoms with E-state index in [4.69, 9.17) is 4.74 Å². The van der Waals surface area contributed by atoms with Gasteiger partial charge in [-0.25, -0.2) is 4.98 Å². The van der Waals surface area contributed by atoms with Crippen molar-refractivity contribution >= 4 is 23.4 Å². The lowest BCUT2D eigenvalue weighted by Gasteiger charge is -2.14. The van der Waals surface area contributed by atoms with Crippen LogP contribution in [0, 0.1) is 18.3 Å². The molecule has 1 aromatic carbocycles. The SMILES string of the molecule is COCc1cc(C)nc(SCC(=O)Nc2ccccc2C(C)C)c1C#N. The molecule has 0 aliphatic heterocycles. The molecule has 1 aromatic heterocycles. The first-order chi connectivity index (χ1) is 12.5. The number of pyridine rings is 1. The van der Waals surface area contributed by atoms with Gasteiger partial charge in [0, 0.05) is 18.5 Å². The van der Waals surface area contributed by atoms with Crippen molar-refractivity contribution < 1.29 is 9.53 Å². The maximum Gasteiger partial charge on any atom is 0.234 e. The number of aromatic nitrogens is 1. The summed E-state index contributed by atoms with van der Waals surface area (Å²) < 4.78 is 5.15. The summed E-state index contributed by atoms with van der Waals surface area (Å²) in [6, 6.07) is 11.8. The van der Waals surface area contributed by atoms with Crippen molar-refractivity contribution in [3.8, 4) is 6.07 Å². The minimum Gasteiger partial charge on any atom is -0.380 e. The highest BCUT2D eigenvalue weighted by molar-refractivity contribution is 8.00. The molecule has 1 N–H and O–H groups in total. The minimum absolute atomic E-state index is 0.122. The van der Waals surface area contributed by atoms with Gasteiger partial charge in [-0.3, -0.25) is 4.79 Å². The number of carbonyl (C=O) groups is 1. The molecule has 0 spiro atoms. The number of methoxy groups -OCH3 is 1. The predicted molar refractivity (Wildman–Crippen MR) is 104 cm³/mol. The number of carbonyl (C=O) groups excluding carboxylic acids is 1. The van der Waals surface area contributed by atoms with Gasteiger partial charge in [0.1, 0.15) is 11.1 Å². The van der Waals surface area contributed by atoms with Crippen LogP contribution in [0.15, 0.2) is 35.4 Å². The van der Waals surface area contributed by atoms with E-state index in [2.05, 4.69) is 30.2 Å².